The number of nitrogens with one attached hydrogen (secondary N) is 1. The number of carbonyl (C=O) groups is 2. The lowest BCUT2D eigenvalue weighted by atomic mass is 10.3. The van der Waals surface area contributed by atoms with E-state index >= 15 is 0 Å². The van der Waals surface area contributed by atoms with Gasteiger partial charge >= 0.3 is 6.09 Å². The fraction of sp³-hybridized carbons (Fsp3) is 0.385. The van der Waals surface area contributed by atoms with Crippen LogP contribution in [0.15, 0.2) is 22.7 Å². The van der Waals surface area contributed by atoms with E-state index in [9.17, 15) is 9.59 Å². The molecule has 0 aliphatic carbocycles. The van der Waals surface area contributed by atoms with Gasteiger partial charge in [0.05, 0.1) is 12.4 Å². The van der Waals surface area contributed by atoms with Crippen LogP contribution in [0.5, 0.6) is 0 Å². The number of aromatic nitrogens is 3. The number of thioether (sulfide) groups is 1. The van der Waals surface area contributed by atoms with Crippen molar-refractivity contribution in [1.29, 1.82) is 0 Å². The van der Waals surface area contributed by atoms with Crippen LogP contribution in [0.1, 0.15) is 17.6 Å². The maximum absolute atomic E-state index is 11.6. The van der Waals surface area contributed by atoms with Gasteiger partial charge in [0.15, 0.2) is 5.16 Å². The van der Waals surface area contributed by atoms with Crippen molar-refractivity contribution in [2.24, 2.45) is 7.05 Å². The molecule has 0 aromatic carbocycles. The molecular formula is C13H16N4O3S2. The van der Waals surface area contributed by atoms with Gasteiger partial charge in [-0.2, -0.15) is 0 Å². The Balaban J connectivity index is 1.87. The molecule has 0 saturated heterocycles. The first-order valence-electron chi connectivity index (χ1n) is 6.60. The van der Waals surface area contributed by atoms with Crippen LogP contribution in [-0.4, -0.2) is 39.1 Å². The Hall–Kier alpha value is -1.87. The Morgan fingerprint density at radius 2 is 2.27 bits per heavy atom. The molecular weight excluding hydrogens is 324 g/mol. The monoisotopic (exact) mass is 340 g/mol. The molecule has 0 fully saturated rings. The summed E-state index contributed by atoms with van der Waals surface area (Å²) in [6.45, 7) is 1.90. The second kappa shape index (κ2) is 7.95. The van der Waals surface area contributed by atoms with Crippen LogP contribution in [0, 0.1) is 0 Å². The van der Waals surface area contributed by atoms with E-state index in [1.807, 2.05) is 29.1 Å². The highest BCUT2D eigenvalue weighted by Gasteiger charge is 2.13. The lowest BCUT2D eigenvalue weighted by molar-refractivity contribution is -0.117. The molecule has 7 nitrogen and oxygen atoms in total. The maximum Gasteiger partial charge on any atom is 0.413 e. The number of rotatable bonds is 6. The third-order valence-electron chi connectivity index (χ3n) is 2.69. The highest BCUT2D eigenvalue weighted by Crippen LogP contribution is 2.18. The zero-order valence-corrected chi connectivity index (χ0v) is 13.9. The van der Waals surface area contributed by atoms with Crippen molar-refractivity contribution in [3.8, 4) is 0 Å². The normalized spacial score (nSPS) is 10.5. The van der Waals surface area contributed by atoms with E-state index in [0.717, 1.165) is 5.82 Å². The van der Waals surface area contributed by atoms with Gasteiger partial charge in [0, 0.05) is 18.3 Å². The largest absolute Gasteiger partial charge is 0.450 e. The minimum Gasteiger partial charge on any atom is -0.450 e. The minimum absolute atomic E-state index is 0.0732. The molecule has 1 N–H and O–H groups in total. The Morgan fingerprint density at radius 3 is 2.95 bits per heavy atom. The molecule has 0 saturated carbocycles. The number of amides is 2. The predicted octanol–water partition coefficient (Wildman–Crippen LogP) is 1.83. The van der Waals surface area contributed by atoms with E-state index in [0.29, 0.717) is 11.6 Å². The van der Waals surface area contributed by atoms with Gasteiger partial charge in [0.1, 0.15) is 5.82 Å². The Labute approximate surface area is 136 Å². The van der Waals surface area contributed by atoms with Gasteiger partial charge in [-0.1, -0.05) is 17.8 Å². The summed E-state index contributed by atoms with van der Waals surface area (Å²) >= 11 is 2.88. The molecule has 2 heterocycles. The lowest BCUT2D eigenvalue weighted by Crippen LogP contribution is -2.32. The van der Waals surface area contributed by atoms with Crippen molar-refractivity contribution in [2.45, 2.75) is 18.5 Å². The zero-order valence-electron chi connectivity index (χ0n) is 12.2. The van der Waals surface area contributed by atoms with E-state index in [4.69, 9.17) is 0 Å². The van der Waals surface area contributed by atoms with Crippen molar-refractivity contribution >= 4 is 35.1 Å². The maximum atomic E-state index is 11.6. The molecule has 0 spiro atoms. The molecule has 0 aliphatic heterocycles. The summed E-state index contributed by atoms with van der Waals surface area (Å²) < 4.78 is 6.49. The number of ether oxygens (including phenoxy) is 1. The van der Waals surface area contributed by atoms with Crippen LogP contribution in [0.25, 0.3) is 0 Å². The minimum atomic E-state index is -0.732. The van der Waals surface area contributed by atoms with Crippen molar-refractivity contribution in [3.63, 3.8) is 0 Å². The standard InChI is InChI=1S/C13H16N4O3S2/c1-3-20-13(19)14-11(18)8-22-12-16-15-10(17(12)2)7-9-5-4-6-21-9/h4-6H,3,7-8H2,1-2H3,(H,14,18,19). The summed E-state index contributed by atoms with van der Waals surface area (Å²) in [7, 11) is 1.86. The molecule has 118 valence electrons. The van der Waals surface area contributed by atoms with Crippen molar-refractivity contribution in [1.82, 2.24) is 20.1 Å². The topological polar surface area (TPSA) is 86.1 Å². The van der Waals surface area contributed by atoms with Crippen molar-refractivity contribution < 1.29 is 14.3 Å². The Bertz CT molecular complexity index is 640. The summed E-state index contributed by atoms with van der Waals surface area (Å²) in [5, 5.41) is 13.0. The van der Waals surface area contributed by atoms with Gasteiger partial charge in [-0.3, -0.25) is 10.1 Å². The SMILES string of the molecule is CCOC(=O)NC(=O)CSc1nnc(Cc2cccs2)n1C. The van der Waals surface area contributed by atoms with E-state index in [1.54, 1.807) is 18.3 Å². The molecule has 22 heavy (non-hydrogen) atoms. The summed E-state index contributed by atoms with van der Waals surface area (Å²) in [5.41, 5.74) is 0. The van der Waals surface area contributed by atoms with E-state index in [1.165, 1.54) is 16.6 Å². The zero-order chi connectivity index (χ0) is 15.9. The molecule has 0 bridgehead atoms. The van der Waals surface area contributed by atoms with Crippen LogP contribution in [0.2, 0.25) is 0 Å². The average molecular weight is 340 g/mol. The van der Waals surface area contributed by atoms with Gasteiger partial charge in [-0.05, 0) is 18.4 Å². The highest BCUT2D eigenvalue weighted by atomic mass is 32.2. The fourth-order valence-electron chi connectivity index (χ4n) is 1.64. The van der Waals surface area contributed by atoms with Crippen LogP contribution in [0.4, 0.5) is 4.79 Å². The first-order valence-corrected chi connectivity index (χ1v) is 8.46. The van der Waals surface area contributed by atoms with Crippen LogP contribution in [0.3, 0.4) is 0 Å². The van der Waals surface area contributed by atoms with Gasteiger partial charge in [0.25, 0.3) is 0 Å². The lowest BCUT2D eigenvalue weighted by Gasteiger charge is -2.04. The molecule has 2 amide bonds. The van der Waals surface area contributed by atoms with E-state index in [-0.39, 0.29) is 12.4 Å². The predicted molar refractivity (Wildman–Crippen MR) is 84.0 cm³/mol. The number of nitrogens with zero attached hydrogens (tertiary/aromatic N) is 3. The molecule has 0 unspecified atom stereocenters. The number of thiophene rings is 1. The summed E-state index contributed by atoms with van der Waals surface area (Å²) in [5.74, 6) is 0.478. The first-order chi connectivity index (χ1) is 10.6. The van der Waals surface area contributed by atoms with Crippen LogP contribution < -0.4 is 5.32 Å². The molecule has 9 heteroatoms. The van der Waals surface area contributed by atoms with Crippen LogP contribution in [-0.2, 0) is 23.0 Å². The number of hydrogen-bond acceptors (Lipinski definition) is 7. The van der Waals surface area contributed by atoms with Gasteiger partial charge in [-0.15, -0.1) is 21.5 Å². The van der Waals surface area contributed by atoms with Gasteiger partial charge in [-0.25, -0.2) is 4.79 Å². The molecule has 0 atom stereocenters. The third kappa shape index (κ3) is 4.57. The highest BCUT2D eigenvalue weighted by molar-refractivity contribution is 7.99. The second-order valence-electron chi connectivity index (χ2n) is 4.27. The van der Waals surface area contributed by atoms with Crippen LogP contribution >= 0.6 is 23.1 Å². The molecule has 2 rings (SSSR count). The first kappa shape index (κ1) is 16.5. The number of imide groups is 1. The number of carbonyl (C=O) groups excluding carboxylic acids is 2. The van der Waals surface area contributed by atoms with Crippen molar-refractivity contribution in [2.75, 3.05) is 12.4 Å². The summed E-state index contributed by atoms with van der Waals surface area (Å²) in [6, 6.07) is 4.03. The molecule has 0 radical (unpaired) electrons. The van der Waals surface area contributed by atoms with Gasteiger partial charge in [0.2, 0.25) is 5.91 Å². The quantitative estimate of drug-likeness (QED) is 0.808. The van der Waals surface area contributed by atoms with E-state index < -0.39 is 12.0 Å². The summed E-state index contributed by atoms with van der Waals surface area (Å²) in [6.07, 6.45) is -0.0269. The number of alkyl carbamates (subject to hydrolysis) is 1. The molecule has 0 aliphatic rings. The Kier molecular flexibility index (Phi) is 5.96. The third-order valence-corrected chi connectivity index (χ3v) is 4.58. The van der Waals surface area contributed by atoms with Gasteiger partial charge < -0.3 is 9.30 Å². The molecule has 2 aromatic heterocycles. The van der Waals surface area contributed by atoms with E-state index in [2.05, 4.69) is 20.3 Å². The fourth-order valence-corrected chi connectivity index (χ4v) is 3.07. The second-order valence-corrected chi connectivity index (χ2v) is 6.25. The average Bonchev–Trinajstić information content (AvgIpc) is 3.09. The molecule has 2 aromatic rings. The Morgan fingerprint density at radius 1 is 1.45 bits per heavy atom. The smallest absolute Gasteiger partial charge is 0.413 e. The summed E-state index contributed by atoms with van der Waals surface area (Å²) in [4.78, 5) is 23.9. The van der Waals surface area contributed by atoms with Crippen molar-refractivity contribution in [3.05, 3.63) is 28.2 Å². The number of hydrogen-bond donors (Lipinski definition) is 1.